The molecule has 0 amide bonds. The monoisotopic (exact) mass is 236 g/mol. The molecule has 1 aliphatic rings. The number of aromatic nitrogens is 2. The highest BCUT2D eigenvalue weighted by Gasteiger charge is 2.17. The largest absolute Gasteiger partial charge is 0.331 e. The minimum Gasteiger partial charge on any atom is -0.331 e. The predicted molar refractivity (Wildman–Crippen MR) is 70.2 cm³/mol. The molecule has 0 aliphatic carbocycles. The van der Waals surface area contributed by atoms with Gasteiger partial charge in [-0.15, -0.1) is 0 Å². The SMILES string of the molecule is CCN(CC)CCn1c(C)nc2c1CCNC2. The topological polar surface area (TPSA) is 33.1 Å². The second kappa shape index (κ2) is 5.65. The fraction of sp³-hybridized carbons (Fsp3) is 0.769. The number of nitrogens with one attached hydrogen (secondary N) is 1. The Bertz CT molecular complexity index is 366. The smallest absolute Gasteiger partial charge is 0.106 e. The van der Waals surface area contributed by atoms with Crippen molar-refractivity contribution in [1.29, 1.82) is 0 Å². The lowest BCUT2D eigenvalue weighted by Crippen LogP contribution is -2.29. The van der Waals surface area contributed by atoms with Gasteiger partial charge in [0.2, 0.25) is 0 Å². The van der Waals surface area contributed by atoms with E-state index in [1.807, 2.05) is 0 Å². The van der Waals surface area contributed by atoms with Crippen LogP contribution in [0.1, 0.15) is 31.1 Å². The summed E-state index contributed by atoms with van der Waals surface area (Å²) in [5.74, 6) is 1.17. The van der Waals surface area contributed by atoms with Gasteiger partial charge in [0, 0.05) is 38.3 Å². The Morgan fingerprint density at radius 1 is 1.35 bits per heavy atom. The predicted octanol–water partition coefficient (Wildman–Crippen LogP) is 1.18. The average Bonchev–Trinajstić information content (AvgIpc) is 2.67. The zero-order chi connectivity index (χ0) is 12.3. The molecule has 17 heavy (non-hydrogen) atoms. The van der Waals surface area contributed by atoms with E-state index in [1.165, 1.54) is 17.2 Å². The van der Waals surface area contributed by atoms with E-state index < -0.39 is 0 Å². The number of fused-ring (bicyclic) bond motifs is 1. The molecule has 2 heterocycles. The van der Waals surface area contributed by atoms with Gasteiger partial charge in [-0.1, -0.05) is 13.8 Å². The number of hydrogen-bond donors (Lipinski definition) is 1. The molecule has 0 saturated carbocycles. The van der Waals surface area contributed by atoms with Crippen LogP contribution in [0.15, 0.2) is 0 Å². The normalized spacial score (nSPS) is 15.3. The number of nitrogens with zero attached hydrogens (tertiary/aromatic N) is 3. The zero-order valence-corrected chi connectivity index (χ0v) is 11.3. The van der Waals surface area contributed by atoms with Crippen LogP contribution >= 0.6 is 0 Å². The molecular formula is C13H24N4. The average molecular weight is 236 g/mol. The molecule has 4 heteroatoms. The van der Waals surface area contributed by atoms with Crippen molar-refractivity contribution >= 4 is 0 Å². The molecule has 1 aromatic rings. The van der Waals surface area contributed by atoms with E-state index in [2.05, 4.69) is 40.5 Å². The van der Waals surface area contributed by atoms with Crippen LogP contribution in [0.5, 0.6) is 0 Å². The van der Waals surface area contributed by atoms with Crippen molar-refractivity contribution in [2.45, 2.75) is 40.3 Å². The van der Waals surface area contributed by atoms with Crippen LogP contribution < -0.4 is 5.32 Å². The summed E-state index contributed by atoms with van der Waals surface area (Å²) in [6.07, 6.45) is 1.12. The lowest BCUT2D eigenvalue weighted by atomic mass is 10.2. The van der Waals surface area contributed by atoms with Crippen LogP contribution in [0.2, 0.25) is 0 Å². The van der Waals surface area contributed by atoms with Gasteiger partial charge in [-0.05, 0) is 20.0 Å². The third-order valence-electron chi connectivity index (χ3n) is 3.71. The number of aryl methyl sites for hydroxylation is 1. The standard InChI is InChI=1S/C13H24N4/c1-4-16(5-2)8-9-17-11(3)15-12-10-14-7-6-13(12)17/h14H,4-10H2,1-3H3. The van der Waals surface area contributed by atoms with E-state index in [-0.39, 0.29) is 0 Å². The molecule has 96 valence electrons. The van der Waals surface area contributed by atoms with Crippen LogP contribution in [0.3, 0.4) is 0 Å². The molecule has 4 nitrogen and oxygen atoms in total. The van der Waals surface area contributed by atoms with Gasteiger partial charge in [0.15, 0.2) is 0 Å². The number of rotatable bonds is 5. The number of imidazole rings is 1. The van der Waals surface area contributed by atoms with Crippen molar-refractivity contribution in [3.63, 3.8) is 0 Å². The summed E-state index contributed by atoms with van der Waals surface area (Å²) in [5, 5.41) is 3.38. The van der Waals surface area contributed by atoms with Crippen LogP contribution in [-0.2, 0) is 19.5 Å². The number of hydrogen-bond acceptors (Lipinski definition) is 3. The van der Waals surface area contributed by atoms with Crippen LogP contribution in [0.25, 0.3) is 0 Å². The molecule has 1 aromatic heterocycles. The first-order valence-corrected chi connectivity index (χ1v) is 6.74. The lowest BCUT2D eigenvalue weighted by Gasteiger charge is -2.21. The van der Waals surface area contributed by atoms with E-state index in [4.69, 9.17) is 0 Å². The molecule has 0 unspecified atom stereocenters. The van der Waals surface area contributed by atoms with Gasteiger partial charge in [0.05, 0.1) is 5.69 Å². The van der Waals surface area contributed by atoms with E-state index >= 15 is 0 Å². The van der Waals surface area contributed by atoms with Crippen LogP contribution in [0, 0.1) is 6.92 Å². The fourth-order valence-corrected chi connectivity index (χ4v) is 2.58. The quantitative estimate of drug-likeness (QED) is 0.833. The minimum atomic E-state index is 0.939. The van der Waals surface area contributed by atoms with Crippen LogP contribution in [-0.4, -0.2) is 40.6 Å². The van der Waals surface area contributed by atoms with Gasteiger partial charge >= 0.3 is 0 Å². The van der Waals surface area contributed by atoms with Gasteiger partial charge in [-0.25, -0.2) is 4.98 Å². The molecule has 0 aromatic carbocycles. The molecule has 1 aliphatic heterocycles. The molecule has 0 spiro atoms. The first-order valence-electron chi connectivity index (χ1n) is 6.74. The van der Waals surface area contributed by atoms with Gasteiger partial charge in [0.25, 0.3) is 0 Å². The van der Waals surface area contributed by atoms with Crippen molar-refractivity contribution in [2.24, 2.45) is 0 Å². The zero-order valence-electron chi connectivity index (χ0n) is 11.3. The van der Waals surface area contributed by atoms with E-state index in [9.17, 15) is 0 Å². The Labute approximate surface area is 104 Å². The highest BCUT2D eigenvalue weighted by atomic mass is 15.2. The summed E-state index contributed by atoms with van der Waals surface area (Å²) >= 11 is 0. The lowest BCUT2D eigenvalue weighted by molar-refractivity contribution is 0.288. The highest BCUT2D eigenvalue weighted by molar-refractivity contribution is 5.19. The van der Waals surface area contributed by atoms with Crippen molar-refractivity contribution in [2.75, 3.05) is 26.2 Å². The Kier molecular flexibility index (Phi) is 4.18. The molecule has 0 fully saturated rings. The van der Waals surface area contributed by atoms with Crippen molar-refractivity contribution < 1.29 is 0 Å². The summed E-state index contributed by atoms with van der Waals surface area (Å²) in [6, 6.07) is 0. The Morgan fingerprint density at radius 2 is 2.12 bits per heavy atom. The molecule has 0 bridgehead atoms. The number of likely N-dealkylation sites (N-methyl/N-ethyl adjacent to an activating group) is 1. The van der Waals surface area contributed by atoms with Crippen molar-refractivity contribution in [3.05, 3.63) is 17.2 Å². The minimum absolute atomic E-state index is 0.939. The Hall–Kier alpha value is -0.870. The summed E-state index contributed by atoms with van der Waals surface area (Å²) < 4.78 is 2.41. The molecule has 0 saturated heterocycles. The third kappa shape index (κ3) is 2.69. The molecule has 2 rings (SSSR count). The fourth-order valence-electron chi connectivity index (χ4n) is 2.58. The van der Waals surface area contributed by atoms with Crippen molar-refractivity contribution in [3.8, 4) is 0 Å². The molecule has 0 atom stereocenters. The highest BCUT2D eigenvalue weighted by Crippen LogP contribution is 2.15. The molecule has 1 N–H and O–H groups in total. The van der Waals surface area contributed by atoms with Crippen molar-refractivity contribution in [1.82, 2.24) is 19.8 Å². The van der Waals surface area contributed by atoms with Gasteiger partial charge in [-0.3, -0.25) is 0 Å². The van der Waals surface area contributed by atoms with E-state index in [0.29, 0.717) is 0 Å². The first kappa shape index (κ1) is 12.6. The summed E-state index contributed by atoms with van der Waals surface area (Å²) in [4.78, 5) is 7.13. The first-order chi connectivity index (χ1) is 8.26. The van der Waals surface area contributed by atoms with E-state index in [0.717, 1.165) is 45.7 Å². The van der Waals surface area contributed by atoms with E-state index in [1.54, 1.807) is 0 Å². The second-order valence-corrected chi connectivity index (χ2v) is 4.66. The summed E-state index contributed by atoms with van der Waals surface area (Å²) in [5.41, 5.74) is 2.71. The second-order valence-electron chi connectivity index (χ2n) is 4.66. The Morgan fingerprint density at radius 3 is 2.82 bits per heavy atom. The maximum Gasteiger partial charge on any atom is 0.106 e. The Balaban J connectivity index is 2.07. The van der Waals surface area contributed by atoms with Crippen LogP contribution in [0.4, 0.5) is 0 Å². The van der Waals surface area contributed by atoms with Gasteiger partial charge in [-0.2, -0.15) is 0 Å². The maximum absolute atomic E-state index is 4.66. The van der Waals surface area contributed by atoms with Gasteiger partial charge < -0.3 is 14.8 Å². The summed E-state index contributed by atoms with van der Waals surface area (Å²) in [7, 11) is 0. The third-order valence-corrected chi connectivity index (χ3v) is 3.71. The summed E-state index contributed by atoms with van der Waals surface area (Å²) in [6.45, 7) is 13.1. The molecular weight excluding hydrogens is 212 g/mol. The molecule has 0 radical (unpaired) electrons. The van der Waals surface area contributed by atoms with Gasteiger partial charge in [0.1, 0.15) is 5.82 Å². The maximum atomic E-state index is 4.66.